The molecule has 0 aliphatic heterocycles. The van der Waals surface area contributed by atoms with Gasteiger partial charge in [-0.1, -0.05) is 47.5 Å². The van der Waals surface area contributed by atoms with Gasteiger partial charge < -0.3 is 4.74 Å². The van der Waals surface area contributed by atoms with Crippen molar-refractivity contribution in [2.45, 2.75) is 39.7 Å². The van der Waals surface area contributed by atoms with Gasteiger partial charge in [0.05, 0.1) is 0 Å². The number of ether oxygens (including phenoxy) is 1. The van der Waals surface area contributed by atoms with Crippen LogP contribution in [0.5, 0.6) is 5.75 Å². The van der Waals surface area contributed by atoms with Gasteiger partial charge >= 0.3 is 0 Å². The van der Waals surface area contributed by atoms with Crippen molar-refractivity contribution in [2.24, 2.45) is 0 Å². The van der Waals surface area contributed by atoms with E-state index in [4.69, 9.17) is 4.74 Å². The molecule has 21 heavy (non-hydrogen) atoms. The Morgan fingerprint density at radius 3 is 2.52 bits per heavy atom. The van der Waals surface area contributed by atoms with Gasteiger partial charge in [0.2, 0.25) is 0 Å². The minimum absolute atomic E-state index is 0.638. The monoisotopic (exact) mass is 278 g/mol. The van der Waals surface area contributed by atoms with Crippen LogP contribution in [-0.4, -0.2) is 0 Å². The average Bonchev–Trinajstić information content (AvgIpc) is 2.53. The van der Waals surface area contributed by atoms with Crippen molar-refractivity contribution >= 4 is 0 Å². The molecule has 2 aromatic rings. The van der Waals surface area contributed by atoms with E-state index < -0.39 is 0 Å². The third-order valence-electron chi connectivity index (χ3n) is 4.23. The summed E-state index contributed by atoms with van der Waals surface area (Å²) < 4.78 is 5.92. The maximum absolute atomic E-state index is 5.92. The van der Waals surface area contributed by atoms with Crippen molar-refractivity contribution in [3.05, 3.63) is 76.4 Å². The Kier molecular flexibility index (Phi) is 4.10. The lowest BCUT2D eigenvalue weighted by Gasteiger charge is -2.21. The van der Waals surface area contributed by atoms with E-state index in [0.717, 1.165) is 18.6 Å². The fraction of sp³-hybridized carbons (Fsp3) is 0.300. The van der Waals surface area contributed by atoms with Gasteiger partial charge in [-0.3, -0.25) is 0 Å². The lowest BCUT2D eigenvalue weighted by Crippen LogP contribution is -2.07. The summed E-state index contributed by atoms with van der Waals surface area (Å²) in [6, 6.07) is 16.9. The fourth-order valence-corrected chi connectivity index (χ4v) is 2.87. The molecule has 1 heteroatoms. The molecule has 0 saturated carbocycles. The molecule has 0 atom stereocenters. The van der Waals surface area contributed by atoms with Crippen molar-refractivity contribution < 1.29 is 4.74 Å². The minimum Gasteiger partial charge on any atom is -0.489 e. The van der Waals surface area contributed by atoms with Gasteiger partial charge in [-0.2, -0.15) is 0 Å². The first kappa shape index (κ1) is 13.9. The predicted octanol–water partition coefficient (Wildman–Crippen LogP) is 5.09. The Labute approximate surface area is 127 Å². The lowest BCUT2D eigenvalue weighted by molar-refractivity contribution is 0.306. The molecule has 0 spiro atoms. The molecule has 0 amide bonds. The number of rotatable bonds is 3. The summed E-state index contributed by atoms with van der Waals surface area (Å²) >= 11 is 0. The third kappa shape index (κ3) is 3.36. The Hall–Kier alpha value is -2.02. The molecule has 0 radical (unpaired) electrons. The van der Waals surface area contributed by atoms with Gasteiger partial charge in [0, 0.05) is 0 Å². The van der Waals surface area contributed by atoms with Crippen LogP contribution in [-0.2, 0) is 19.4 Å². The first-order chi connectivity index (χ1) is 10.2. The van der Waals surface area contributed by atoms with E-state index in [1.807, 2.05) is 18.2 Å². The molecular formula is C20H22O. The van der Waals surface area contributed by atoms with Crippen LogP contribution >= 0.6 is 0 Å². The van der Waals surface area contributed by atoms with Crippen LogP contribution in [0.15, 0.2) is 59.7 Å². The van der Waals surface area contributed by atoms with Crippen LogP contribution in [0.25, 0.3) is 0 Å². The average molecular weight is 278 g/mol. The lowest BCUT2D eigenvalue weighted by atomic mass is 9.86. The number of hydrogen-bond acceptors (Lipinski definition) is 1. The second-order valence-electron chi connectivity index (χ2n) is 5.99. The number of fused-ring (bicyclic) bond motifs is 1. The second-order valence-corrected chi connectivity index (χ2v) is 5.99. The van der Waals surface area contributed by atoms with Gasteiger partial charge in [-0.25, -0.2) is 0 Å². The molecule has 3 rings (SSSR count). The molecule has 0 aromatic heterocycles. The fourth-order valence-electron chi connectivity index (χ4n) is 2.87. The van der Waals surface area contributed by atoms with E-state index in [0.29, 0.717) is 6.61 Å². The summed E-state index contributed by atoms with van der Waals surface area (Å²) in [4.78, 5) is 0. The molecule has 0 fully saturated rings. The van der Waals surface area contributed by atoms with Crippen LogP contribution in [0.4, 0.5) is 0 Å². The first-order valence-electron chi connectivity index (χ1n) is 7.66. The van der Waals surface area contributed by atoms with Crippen molar-refractivity contribution in [1.29, 1.82) is 0 Å². The van der Waals surface area contributed by atoms with Gasteiger partial charge in [0.25, 0.3) is 0 Å². The highest BCUT2D eigenvalue weighted by Crippen LogP contribution is 2.29. The van der Waals surface area contributed by atoms with Gasteiger partial charge in [0.1, 0.15) is 12.4 Å². The SMILES string of the molecule is CC(C)=C1CCc2cc(OCc3ccccc3)ccc2C1. The number of benzene rings is 2. The summed E-state index contributed by atoms with van der Waals surface area (Å²) in [6.45, 7) is 5.08. The van der Waals surface area contributed by atoms with E-state index in [9.17, 15) is 0 Å². The van der Waals surface area contributed by atoms with Gasteiger partial charge in [0.15, 0.2) is 0 Å². The Balaban J connectivity index is 1.71. The number of allylic oxidation sites excluding steroid dienone is 2. The highest BCUT2D eigenvalue weighted by Gasteiger charge is 2.14. The highest BCUT2D eigenvalue weighted by molar-refractivity contribution is 5.41. The molecule has 1 nitrogen and oxygen atoms in total. The highest BCUT2D eigenvalue weighted by atomic mass is 16.5. The second kappa shape index (κ2) is 6.17. The maximum atomic E-state index is 5.92. The zero-order valence-electron chi connectivity index (χ0n) is 12.9. The van der Waals surface area contributed by atoms with Crippen molar-refractivity contribution in [1.82, 2.24) is 0 Å². The van der Waals surface area contributed by atoms with E-state index >= 15 is 0 Å². The summed E-state index contributed by atoms with van der Waals surface area (Å²) in [6.07, 6.45) is 3.44. The van der Waals surface area contributed by atoms with E-state index in [2.05, 4.69) is 44.2 Å². The molecule has 1 aliphatic carbocycles. The topological polar surface area (TPSA) is 9.23 Å². The number of aryl methyl sites for hydroxylation is 1. The maximum Gasteiger partial charge on any atom is 0.120 e. The summed E-state index contributed by atoms with van der Waals surface area (Å²) in [5.74, 6) is 0.984. The van der Waals surface area contributed by atoms with Crippen molar-refractivity contribution in [3.8, 4) is 5.75 Å². The molecule has 0 heterocycles. The smallest absolute Gasteiger partial charge is 0.120 e. The summed E-state index contributed by atoms with van der Waals surface area (Å²) in [7, 11) is 0. The van der Waals surface area contributed by atoms with Crippen molar-refractivity contribution in [2.75, 3.05) is 0 Å². The molecule has 0 bridgehead atoms. The third-order valence-corrected chi connectivity index (χ3v) is 4.23. The van der Waals surface area contributed by atoms with Gasteiger partial charge in [-0.15, -0.1) is 0 Å². The van der Waals surface area contributed by atoms with E-state index in [1.54, 1.807) is 5.57 Å². The molecule has 0 N–H and O–H groups in total. The molecule has 108 valence electrons. The van der Waals surface area contributed by atoms with Crippen LogP contribution in [0, 0.1) is 0 Å². The molecule has 0 saturated heterocycles. The van der Waals surface area contributed by atoms with Crippen LogP contribution in [0.3, 0.4) is 0 Å². The van der Waals surface area contributed by atoms with Crippen LogP contribution in [0.1, 0.15) is 37.0 Å². The molecule has 2 aromatic carbocycles. The van der Waals surface area contributed by atoms with Crippen LogP contribution < -0.4 is 4.74 Å². The first-order valence-corrected chi connectivity index (χ1v) is 7.66. The Bertz CT molecular complexity index is 649. The zero-order chi connectivity index (χ0) is 14.7. The normalized spacial score (nSPS) is 13.7. The summed E-state index contributed by atoms with van der Waals surface area (Å²) in [5, 5.41) is 0. The summed E-state index contributed by atoms with van der Waals surface area (Å²) in [5.41, 5.74) is 7.20. The Morgan fingerprint density at radius 2 is 1.76 bits per heavy atom. The van der Waals surface area contributed by atoms with Crippen LogP contribution in [0.2, 0.25) is 0 Å². The van der Waals surface area contributed by atoms with Crippen molar-refractivity contribution in [3.63, 3.8) is 0 Å². The largest absolute Gasteiger partial charge is 0.489 e. The molecular weight excluding hydrogens is 256 g/mol. The van der Waals surface area contributed by atoms with E-state index in [-0.39, 0.29) is 0 Å². The Morgan fingerprint density at radius 1 is 0.952 bits per heavy atom. The quantitative estimate of drug-likeness (QED) is 0.710. The molecule has 0 unspecified atom stereocenters. The minimum atomic E-state index is 0.638. The molecule has 1 aliphatic rings. The van der Waals surface area contributed by atoms with Gasteiger partial charge in [-0.05, 0) is 61.9 Å². The standard InChI is InChI=1S/C20H22O/c1-15(2)17-8-9-19-13-20(11-10-18(19)12-17)21-14-16-6-4-3-5-7-16/h3-7,10-11,13H,8-9,12,14H2,1-2H3. The number of hydrogen-bond donors (Lipinski definition) is 0. The zero-order valence-corrected chi connectivity index (χ0v) is 12.9. The van der Waals surface area contributed by atoms with E-state index in [1.165, 1.54) is 28.7 Å². The predicted molar refractivity (Wildman–Crippen MR) is 87.6 cm³/mol.